The number of hydrogen-bond donors (Lipinski definition) is 1. The van der Waals surface area contributed by atoms with Crippen LogP contribution in [0.4, 0.5) is 10.6 Å². The topological polar surface area (TPSA) is 100 Å². The number of carbonyl (C=O) groups is 1. The maximum atomic E-state index is 12.6. The molecule has 1 fully saturated rings. The third-order valence-corrected chi connectivity index (χ3v) is 4.92. The molecule has 0 unspecified atom stereocenters. The molecule has 1 N–H and O–H groups in total. The van der Waals surface area contributed by atoms with Gasteiger partial charge in [-0.15, -0.1) is 0 Å². The fourth-order valence-electron chi connectivity index (χ4n) is 3.29. The predicted octanol–water partition coefficient (Wildman–Crippen LogP) is 2.43. The lowest BCUT2D eigenvalue weighted by atomic mass is 10.2. The molecule has 0 saturated carbocycles. The number of aromatic nitrogens is 4. The zero-order valence-electron chi connectivity index (χ0n) is 16.4. The number of nitrogens with one attached hydrogen (secondary N) is 1. The maximum Gasteiger partial charge on any atom is 0.318 e. The maximum absolute atomic E-state index is 12.6. The van der Waals surface area contributed by atoms with Gasteiger partial charge in [0.25, 0.3) is 0 Å². The van der Waals surface area contributed by atoms with E-state index in [4.69, 9.17) is 4.52 Å². The van der Waals surface area contributed by atoms with Crippen LogP contribution in [0.1, 0.15) is 24.4 Å². The van der Waals surface area contributed by atoms with E-state index in [1.54, 1.807) is 23.5 Å². The molecule has 3 aromatic rings. The van der Waals surface area contributed by atoms with E-state index in [9.17, 15) is 4.79 Å². The molecule has 1 atom stereocenters. The second kappa shape index (κ2) is 8.26. The molecule has 29 heavy (non-hydrogen) atoms. The van der Waals surface area contributed by atoms with Crippen LogP contribution in [0, 0.1) is 6.92 Å². The number of pyridine rings is 2. The Balaban J connectivity index is 1.33. The van der Waals surface area contributed by atoms with E-state index in [2.05, 4.69) is 30.3 Å². The Morgan fingerprint density at radius 1 is 1.17 bits per heavy atom. The van der Waals surface area contributed by atoms with Crippen molar-refractivity contribution in [1.82, 2.24) is 30.3 Å². The molecule has 9 heteroatoms. The minimum Gasteiger partial charge on any atom is -0.353 e. The number of anilines is 1. The van der Waals surface area contributed by atoms with Crippen molar-refractivity contribution in [3.8, 4) is 11.4 Å². The van der Waals surface area contributed by atoms with Crippen LogP contribution in [0.5, 0.6) is 0 Å². The fourth-order valence-corrected chi connectivity index (χ4v) is 3.29. The van der Waals surface area contributed by atoms with Gasteiger partial charge >= 0.3 is 6.03 Å². The number of urea groups is 1. The smallest absolute Gasteiger partial charge is 0.318 e. The van der Waals surface area contributed by atoms with Crippen molar-refractivity contribution in [3.63, 3.8) is 0 Å². The Labute approximate surface area is 168 Å². The third kappa shape index (κ3) is 4.18. The van der Waals surface area contributed by atoms with Gasteiger partial charge in [-0.2, -0.15) is 4.98 Å². The molecule has 1 aliphatic heterocycles. The normalized spacial score (nSPS) is 15.2. The minimum atomic E-state index is -0.392. The van der Waals surface area contributed by atoms with E-state index in [-0.39, 0.29) is 6.03 Å². The Hall–Kier alpha value is -3.49. The number of amides is 2. The van der Waals surface area contributed by atoms with Gasteiger partial charge < -0.3 is 19.6 Å². The number of carbonyl (C=O) groups excluding carboxylic acids is 1. The summed E-state index contributed by atoms with van der Waals surface area (Å²) in [5.41, 5.74) is 1.90. The van der Waals surface area contributed by atoms with Gasteiger partial charge in [-0.1, -0.05) is 11.2 Å². The first-order chi connectivity index (χ1) is 14.1. The zero-order valence-corrected chi connectivity index (χ0v) is 16.4. The summed E-state index contributed by atoms with van der Waals surface area (Å²) in [5.74, 6) is 1.79. The summed E-state index contributed by atoms with van der Waals surface area (Å²) in [7, 11) is 0. The Morgan fingerprint density at radius 3 is 2.69 bits per heavy atom. The van der Waals surface area contributed by atoms with E-state index < -0.39 is 6.04 Å². The molecular formula is C20H23N7O2. The van der Waals surface area contributed by atoms with Gasteiger partial charge in [0.2, 0.25) is 11.7 Å². The standard InChI is InChI=1S/C20H23N7O2/c1-14-5-3-8-22-18(14)26-9-11-27(12-10-26)20(28)23-15(2)19-24-17(25-29-19)16-6-4-7-21-13-16/h3-8,13,15H,9-12H2,1-2H3,(H,23,28)/t15-/m1/s1. The minimum absolute atomic E-state index is 0.143. The van der Waals surface area contributed by atoms with Crippen LogP contribution in [-0.2, 0) is 0 Å². The summed E-state index contributed by atoms with van der Waals surface area (Å²) in [5, 5.41) is 6.91. The third-order valence-electron chi connectivity index (χ3n) is 4.92. The molecule has 0 spiro atoms. The predicted molar refractivity (Wildman–Crippen MR) is 107 cm³/mol. The van der Waals surface area contributed by atoms with E-state index in [1.807, 2.05) is 38.1 Å². The van der Waals surface area contributed by atoms with Gasteiger partial charge in [0, 0.05) is 50.3 Å². The van der Waals surface area contributed by atoms with Crippen molar-refractivity contribution >= 4 is 11.8 Å². The molecule has 3 aromatic heterocycles. The molecule has 0 radical (unpaired) electrons. The van der Waals surface area contributed by atoms with Gasteiger partial charge in [0.05, 0.1) is 0 Å². The van der Waals surface area contributed by atoms with Crippen LogP contribution in [0.2, 0.25) is 0 Å². The van der Waals surface area contributed by atoms with E-state index >= 15 is 0 Å². The highest BCUT2D eigenvalue weighted by atomic mass is 16.5. The monoisotopic (exact) mass is 393 g/mol. The lowest BCUT2D eigenvalue weighted by Gasteiger charge is -2.36. The van der Waals surface area contributed by atoms with Crippen LogP contribution in [0.15, 0.2) is 47.4 Å². The number of aryl methyl sites for hydroxylation is 1. The highest BCUT2D eigenvalue weighted by Crippen LogP contribution is 2.19. The van der Waals surface area contributed by atoms with Crippen LogP contribution >= 0.6 is 0 Å². The average molecular weight is 393 g/mol. The largest absolute Gasteiger partial charge is 0.353 e. The van der Waals surface area contributed by atoms with Gasteiger partial charge in [-0.3, -0.25) is 4.98 Å². The molecular weight excluding hydrogens is 370 g/mol. The summed E-state index contributed by atoms with van der Waals surface area (Å²) in [6.45, 7) is 6.61. The van der Waals surface area contributed by atoms with Crippen LogP contribution in [0.3, 0.4) is 0 Å². The molecule has 0 aromatic carbocycles. The van der Waals surface area contributed by atoms with Crippen molar-refractivity contribution in [2.24, 2.45) is 0 Å². The Morgan fingerprint density at radius 2 is 1.97 bits per heavy atom. The van der Waals surface area contributed by atoms with Crippen molar-refractivity contribution in [1.29, 1.82) is 0 Å². The number of rotatable bonds is 4. The highest BCUT2D eigenvalue weighted by Gasteiger charge is 2.25. The summed E-state index contributed by atoms with van der Waals surface area (Å²) >= 11 is 0. The summed E-state index contributed by atoms with van der Waals surface area (Å²) < 4.78 is 5.32. The summed E-state index contributed by atoms with van der Waals surface area (Å²) in [6, 6.07) is 7.11. The molecule has 1 aliphatic rings. The quantitative estimate of drug-likeness (QED) is 0.726. The first-order valence-corrected chi connectivity index (χ1v) is 9.58. The van der Waals surface area contributed by atoms with Gasteiger partial charge in [0.15, 0.2) is 0 Å². The first kappa shape index (κ1) is 18.9. The van der Waals surface area contributed by atoms with Crippen molar-refractivity contribution in [2.45, 2.75) is 19.9 Å². The number of hydrogen-bond acceptors (Lipinski definition) is 7. The van der Waals surface area contributed by atoms with Crippen LogP contribution in [0.25, 0.3) is 11.4 Å². The second-order valence-electron chi connectivity index (χ2n) is 6.99. The SMILES string of the molecule is Cc1cccnc1N1CCN(C(=O)N[C@H](C)c2nc(-c3cccnc3)no2)CC1. The van der Waals surface area contributed by atoms with Crippen LogP contribution < -0.4 is 10.2 Å². The lowest BCUT2D eigenvalue weighted by molar-refractivity contribution is 0.188. The second-order valence-corrected chi connectivity index (χ2v) is 6.99. The van der Waals surface area contributed by atoms with E-state index in [0.29, 0.717) is 24.8 Å². The average Bonchev–Trinajstić information content (AvgIpc) is 3.25. The van der Waals surface area contributed by atoms with Gasteiger partial charge in [-0.05, 0) is 37.6 Å². The number of piperazine rings is 1. The molecule has 4 rings (SSSR count). The Kier molecular flexibility index (Phi) is 5.37. The molecule has 1 saturated heterocycles. The van der Waals surface area contributed by atoms with Crippen molar-refractivity contribution in [3.05, 3.63) is 54.3 Å². The molecule has 150 valence electrons. The zero-order chi connectivity index (χ0) is 20.2. The number of nitrogens with zero attached hydrogens (tertiary/aromatic N) is 6. The fraction of sp³-hybridized carbons (Fsp3) is 0.350. The molecule has 0 bridgehead atoms. The van der Waals surface area contributed by atoms with Crippen molar-refractivity contribution in [2.75, 3.05) is 31.1 Å². The molecule has 0 aliphatic carbocycles. The molecule has 4 heterocycles. The Bertz CT molecular complexity index is 968. The van der Waals surface area contributed by atoms with E-state index in [0.717, 1.165) is 30.0 Å². The first-order valence-electron chi connectivity index (χ1n) is 9.58. The molecule has 2 amide bonds. The molecule has 9 nitrogen and oxygen atoms in total. The van der Waals surface area contributed by atoms with Crippen LogP contribution in [-0.4, -0.2) is 57.2 Å². The highest BCUT2D eigenvalue weighted by molar-refractivity contribution is 5.75. The van der Waals surface area contributed by atoms with Crippen molar-refractivity contribution < 1.29 is 9.32 Å². The van der Waals surface area contributed by atoms with Gasteiger partial charge in [0.1, 0.15) is 11.9 Å². The summed E-state index contributed by atoms with van der Waals surface area (Å²) in [6.07, 6.45) is 5.15. The van der Waals surface area contributed by atoms with Gasteiger partial charge in [-0.25, -0.2) is 9.78 Å². The summed E-state index contributed by atoms with van der Waals surface area (Å²) in [4.78, 5) is 29.5. The van der Waals surface area contributed by atoms with E-state index in [1.165, 1.54) is 0 Å². The lowest BCUT2D eigenvalue weighted by Crippen LogP contribution is -2.52.